The summed E-state index contributed by atoms with van der Waals surface area (Å²) in [7, 11) is 0. The van der Waals surface area contributed by atoms with Gasteiger partial charge in [0.25, 0.3) is 0 Å². The molecule has 23 heavy (non-hydrogen) atoms. The largest absolute Gasteiger partial charge is 0.329 e. The van der Waals surface area contributed by atoms with Crippen molar-refractivity contribution in [3.8, 4) is 11.4 Å². The van der Waals surface area contributed by atoms with Crippen molar-refractivity contribution in [3.05, 3.63) is 67.0 Å². The van der Waals surface area contributed by atoms with Crippen LogP contribution in [0.3, 0.4) is 0 Å². The quantitative estimate of drug-likeness (QED) is 0.581. The van der Waals surface area contributed by atoms with Crippen LogP contribution in [0.4, 0.5) is 0 Å². The number of nitrogens with zero attached hydrogens (tertiary/aromatic N) is 5. The first-order chi connectivity index (χ1) is 11.3. The SMILES string of the molecule is Cc1ccnn1CCn1ccnc1-c1cccc2cnccc12. The maximum atomic E-state index is 4.57. The van der Waals surface area contributed by atoms with E-state index in [1.165, 1.54) is 11.1 Å². The summed E-state index contributed by atoms with van der Waals surface area (Å²) < 4.78 is 4.19. The fraction of sp³-hybridized carbons (Fsp3) is 0.167. The monoisotopic (exact) mass is 303 g/mol. The van der Waals surface area contributed by atoms with Crippen molar-refractivity contribution in [2.45, 2.75) is 20.0 Å². The molecule has 0 atom stereocenters. The Balaban J connectivity index is 1.70. The summed E-state index contributed by atoms with van der Waals surface area (Å²) in [6.07, 6.45) is 9.42. The van der Waals surface area contributed by atoms with Gasteiger partial charge in [-0.2, -0.15) is 5.10 Å². The predicted octanol–water partition coefficient (Wildman–Crippen LogP) is 3.30. The summed E-state index contributed by atoms with van der Waals surface area (Å²) in [4.78, 5) is 8.77. The van der Waals surface area contributed by atoms with Crippen molar-refractivity contribution < 1.29 is 0 Å². The fourth-order valence-corrected chi connectivity index (χ4v) is 2.89. The van der Waals surface area contributed by atoms with Crippen LogP contribution in [0.5, 0.6) is 0 Å². The third-order valence-electron chi connectivity index (χ3n) is 4.12. The molecule has 0 N–H and O–H groups in total. The van der Waals surface area contributed by atoms with E-state index in [2.05, 4.69) is 44.8 Å². The molecule has 0 saturated carbocycles. The van der Waals surface area contributed by atoms with Gasteiger partial charge in [-0.15, -0.1) is 0 Å². The van der Waals surface area contributed by atoms with Gasteiger partial charge in [0.05, 0.1) is 6.54 Å². The topological polar surface area (TPSA) is 48.5 Å². The van der Waals surface area contributed by atoms with Crippen LogP contribution in [0.15, 0.2) is 61.3 Å². The van der Waals surface area contributed by atoms with E-state index >= 15 is 0 Å². The molecule has 0 aliphatic carbocycles. The highest BCUT2D eigenvalue weighted by molar-refractivity contribution is 5.94. The highest BCUT2D eigenvalue weighted by Crippen LogP contribution is 2.26. The van der Waals surface area contributed by atoms with Gasteiger partial charge in [0.2, 0.25) is 0 Å². The zero-order valence-electron chi connectivity index (χ0n) is 12.9. The lowest BCUT2D eigenvalue weighted by molar-refractivity contribution is 0.526. The summed E-state index contributed by atoms with van der Waals surface area (Å²) in [5.41, 5.74) is 2.30. The number of fused-ring (bicyclic) bond motifs is 1. The van der Waals surface area contributed by atoms with Gasteiger partial charge in [-0.1, -0.05) is 18.2 Å². The summed E-state index contributed by atoms with van der Waals surface area (Å²) in [5, 5.41) is 6.64. The molecule has 0 radical (unpaired) electrons. The Morgan fingerprint density at radius 1 is 1.00 bits per heavy atom. The van der Waals surface area contributed by atoms with Crippen LogP contribution in [0, 0.1) is 6.92 Å². The Morgan fingerprint density at radius 3 is 2.83 bits per heavy atom. The molecule has 0 bridgehead atoms. The van der Waals surface area contributed by atoms with E-state index in [0.717, 1.165) is 29.9 Å². The zero-order chi connectivity index (χ0) is 15.6. The second kappa shape index (κ2) is 5.68. The number of pyridine rings is 1. The number of imidazole rings is 1. The van der Waals surface area contributed by atoms with Crippen molar-refractivity contribution in [1.82, 2.24) is 24.3 Å². The van der Waals surface area contributed by atoms with Crippen LogP contribution in [0.25, 0.3) is 22.2 Å². The lowest BCUT2D eigenvalue weighted by atomic mass is 10.1. The van der Waals surface area contributed by atoms with Gasteiger partial charge in [-0.25, -0.2) is 4.98 Å². The highest BCUT2D eigenvalue weighted by Gasteiger charge is 2.10. The highest BCUT2D eigenvalue weighted by atomic mass is 15.3. The molecule has 0 saturated heterocycles. The minimum atomic E-state index is 0.828. The number of aromatic nitrogens is 5. The van der Waals surface area contributed by atoms with Gasteiger partial charge >= 0.3 is 0 Å². The molecule has 0 aliphatic rings. The van der Waals surface area contributed by atoms with Crippen molar-refractivity contribution in [2.24, 2.45) is 0 Å². The first-order valence-electron chi connectivity index (χ1n) is 7.65. The van der Waals surface area contributed by atoms with Gasteiger partial charge in [0, 0.05) is 54.2 Å². The molecule has 0 unspecified atom stereocenters. The van der Waals surface area contributed by atoms with Crippen LogP contribution in [0.1, 0.15) is 5.69 Å². The standard InChI is InChI=1S/C18H17N5/c1-14-5-8-21-23(14)12-11-22-10-9-20-18(22)17-4-2-3-15-13-19-7-6-16(15)17/h2-10,13H,11-12H2,1H3. The van der Waals surface area contributed by atoms with E-state index in [-0.39, 0.29) is 0 Å². The summed E-state index contributed by atoms with van der Waals surface area (Å²) in [5.74, 6) is 0.978. The fourth-order valence-electron chi connectivity index (χ4n) is 2.89. The summed E-state index contributed by atoms with van der Waals surface area (Å²) >= 11 is 0. The third kappa shape index (κ3) is 2.50. The maximum absolute atomic E-state index is 4.57. The normalized spacial score (nSPS) is 11.2. The Morgan fingerprint density at radius 2 is 1.96 bits per heavy atom. The molecule has 0 fully saturated rings. The van der Waals surface area contributed by atoms with Gasteiger partial charge in [-0.05, 0) is 24.4 Å². The predicted molar refractivity (Wildman–Crippen MR) is 89.9 cm³/mol. The smallest absolute Gasteiger partial charge is 0.140 e. The Kier molecular flexibility index (Phi) is 3.38. The number of aryl methyl sites for hydroxylation is 3. The molecule has 1 aromatic carbocycles. The average molecular weight is 303 g/mol. The lowest BCUT2D eigenvalue weighted by Gasteiger charge is -2.11. The molecule has 5 heteroatoms. The van der Waals surface area contributed by atoms with E-state index in [0.29, 0.717) is 0 Å². The molecule has 4 rings (SSSR count). The van der Waals surface area contributed by atoms with Crippen molar-refractivity contribution in [2.75, 3.05) is 0 Å². The van der Waals surface area contributed by atoms with Gasteiger partial charge in [0.1, 0.15) is 5.82 Å². The zero-order valence-corrected chi connectivity index (χ0v) is 12.9. The Bertz CT molecular complexity index is 945. The molecule has 3 aromatic heterocycles. The molecular weight excluding hydrogens is 286 g/mol. The lowest BCUT2D eigenvalue weighted by Crippen LogP contribution is -2.10. The third-order valence-corrected chi connectivity index (χ3v) is 4.12. The van der Waals surface area contributed by atoms with Gasteiger partial charge in [0.15, 0.2) is 0 Å². The molecule has 114 valence electrons. The molecule has 4 aromatic rings. The van der Waals surface area contributed by atoms with E-state index < -0.39 is 0 Å². The average Bonchev–Trinajstić information content (AvgIpc) is 3.21. The maximum Gasteiger partial charge on any atom is 0.140 e. The van der Waals surface area contributed by atoms with Crippen LogP contribution in [-0.4, -0.2) is 24.3 Å². The number of hydrogen-bond donors (Lipinski definition) is 0. The van der Waals surface area contributed by atoms with Gasteiger partial charge in [-0.3, -0.25) is 9.67 Å². The minimum Gasteiger partial charge on any atom is -0.329 e. The number of rotatable bonds is 4. The van der Waals surface area contributed by atoms with Crippen molar-refractivity contribution in [3.63, 3.8) is 0 Å². The van der Waals surface area contributed by atoms with E-state index in [1.807, 2.05) is 47.8 Å². The first kappa shape index (κ1) is 13.7. The van der Waals surface area contributed by atoms with E-state index in [4.69, 9.17) is 0 Å². The van der Waals surface area contributed by atoms with Crippen molar-refractivity contribution in [1.29, 1.82) is 0 Å². The van der Waals surface area contributed by atoms with E-state index in [9.17, 15) is 0 Å². The molecular formula is C18H17N5. The number of hydrogen-bond acceptors (Lipinski definition) is 3. The second-order valence-electron chi connectivity index (χ2n) is 5.54. The van der Waals surface area contributed by atoms with Crippen LogP contribution < -0.4 is 0 Å². The molecule has 5 nitrogen and oxygen atoms in total. The number of benzene rings is 1. The summed E-state index contributed by atoms with van der Waals surface area (Å²) in [6.45, 7) is 3.73. The van der Waals surface area contributed by atoms with Crippen LogP contribution in [0.2, 0.25) is 0 Å². The van der Waals surface area contributed by atoms with E-state index in [1.54, 1.807) is 0 Å². The Labute approximate surface area is 134 Å². The Hall–Kier alpha value is -2.95. The second-order valence-corrected chi connectivity index (χ2v) is 5.54. The molecule has 0 aliphatic heterocycles. The van der Waals surface area contributed by atoms with Crippen LogP contribution in [-0.2, 0) is 13.1 Å². The van der Waals surface area contributed by atoms with Gasteiger partial charge < -0.3 is 4.57 Å². The molecule has 0 amide bonds. The minimum absolute atomic E-state index is 0.828. The molecule has 3 heterocycles. The summed E-state index contributed by atoms with van der Waals surface area (Å²) in [6, 6.07) is 10.3. The van der Waals surface area contributed by atoms with Crippen molar-refractivity contribution >= 4 is 10.8 Å². The first-order valence-corrected chi connectivity index (χ1v) is 7.65. The molecule has 0 spiro atoms. The van der Waals surface area contributed by atoms with Crippen LogP contribution >= 0.6 is 0 Å².